The Morgan fingerprint density at radius 2 is 2.00 bits per heavy atom. The van der Waals surface area contributed by atoms with Crippen LogP contribution in [-0.4, -0.2) is 17.9 Å². The summed E-state index contributed by atoms with van der Waals surface area (Å²) in [7, 11) is -1.36. The second-order valence-electron chi connectivity index (χ2n) is 4.51. The quantitative estimate of drug-likeness (QED) is 0.609. The number of rotatable bonds is 3. The van der Waals surface area contributed by atoms with Crippen molar-refractivity contribution >= 4 is 50.3 Å². The number of nitrogens with one attached hydrogen (secondary N) is 2. The largest absolute Gasteiger partial charge is 0.360 e. The van der Waals surface area contributed by atoms with Crippen molar-refractivity contribution in [1.29, 1.82) is 0 Å². The Kier molecular flexibility index (Phi) is 2.94. The molecule has 1 atom stereocenters. The number of aromatic nitrogens is 3. The predicted molar refractivity (Wildman–Crippen MR) is 85.7 cm³/mol. The van der Waals surface area contributed by atoms with Gasteiger partial charge in [0.15, 0.2) is 11.0 Å². The summed E-state index contributed by atoms with van der Waals surface area (Å²) in [5, 5.41) is 0.951. The van der Waals surface area contributed by atoms with Gasteiger partial charge in [-0.3, -0.25) is 4.72 Å². The molecule has 2 aromatic heterocycles. The minimum Gasteiger partial charge on any atom is -0.360 e. The van der Waals surface area contributed by atoms with Crippen molar-refractivity contribution in [2.24, 2.45) is 0 Å². The smallest absolute Gasteiger partial charge is 0.152 e. The van der Waals surface area contributed by atoms with E-state index in [4.69, 9.17) is 0 Å². The van der Waals surface area contributed by atoms with Gasteiger partial charge in [-0.1, -0.05) is 24.3 Å². The van der Waals surface area contributed by atoms with E-state index in [1.54, 1.807) is 6.20 Å². The molecule has 4 rings (SSSR count). The highest BCUT2D eigenvalue weighted by atomic mass is 32.2. The van der Waals surface area contributed by atoms with Gasteiger partial charge in [0.05, 0.1) is 22.3 Å². The standard InChI is InChI=1S/C14H10N4OS2/c19-21(13-8-15-10-5-2-1-4-9(10)13)18-12-7-3-6-11-14(12)17-20-16-11/h1-8,15,18H. The van der Waals surface area contributed by atoms with Crippen LogP contribution in [0, 0.1) is 0 Å². The highest BCUT2D eigenvalue weighted by molar-refractivity contribution is 7.86. The molecule has 0 fully saturated rings. The third kappa shape index (κ3) is 2.10. The summed E-state index contributed by atoms with van der Waals surface area (Å²) in [4.78, 5) is 3.86. The summed E-state index contributed by atoms with van der Waals surface area (Å²) in [6.45, 7) is 0. The number of nitrogens with zero attached hydrogens (tertiary/aromatic N) is 2. The van der Waals surface area contributed by atoms with Gasteiger partial charge in [-0.15, -0.1) is 0 Å². The Bertz CT molecular complexity index is 960. The Balaban J connectivity index is 1.74. The summed E-state index contributed by atoms with van der Waals surface area (Å²) in [5.74, 6) is 0. The summed E-state index contributed by atoms with van der Waals surface area (Å²) in [6.07, 6.45) is 1.77. The molecule has 104 valence electrons. The average molecular weight is 314 g/mol. The molecule has 0 spiro atoms. The molecule has 2 N–H and O–H groups in total. The minimum absolute atomic E-state index is 0.727. The summed E-state index contributed by atoms with van der Waals surface area (Å²) >= 11 is 1.15. The van der Waals surface area contributed by atoms with Crippen LogP contribution in [0.5, 0.6) is 0 Å². The SMILES string of the molecule is O=S(Nc1cccc2nsnc12)c1c[nH]c2ccccc12. The third-order valence-corrected chi connectivity index (χ3v) is 4.92. The van der Waals surface area contributed by atoms with Crippen LogP contribution >= 0.6 is 11.7 Å². The number of H-pyrrole nitrogens is 1. The Morgan fingerprint density at radius 1 is 1.10 bits per heavy atom. The van der Waals surface area contributed by atoms with E-state index in [9.17, 15) is 4.21 Å². The van der Waals surface area contributed by atoms with Crippen molar-refractivity contribution in [2.75, 3.05) is 4.72 Å². The van der Waals surface area contributed by atoms with Crippen molar-refractivity contribution in [2.45, 2.75) is 4.90 Å². The maximum Gasteiger partial charge on any atom is 0.152 e. The molecule has 0 amide bonds. The molecule has 5 nitrogen and oxygen atoms in total. The molecule has 1 unspecified atom stereocenters. The van der Waals surface area contributed by atoms with Gasteiger partial charge in [-0.05, 0) is 18.2 Å². The third-order valence-electron chi connectivity index (χ3n) is 3.24. The first-order valence-electron chi connectivity index (χ1n) is 6.29. The second-order valence-corrected chi connectivity index (χ2v) is 6.22. The first-order chi connectivity index (χ1) is 10.3. The number of hydrogen-bond donors (Lipinski definition) is 2. The normalized spacial score (nSPS) is 12.8. The first-order valence-corrected chi connectivity index (χ1v) is 8.17. The van der Waals surface area contributed by atoms with Crippen LogP contribution < -0.4 is 4.72 Å². The highest BCUT2D eigenvalue weighted by Gasteiger charge is 2.12. The van der Waals surface area contributed by atoms with Gasteiger partial charge < -0.3 is 4.98 Å². The van der Waals surface area contributed by atoms with Gasteiger partial charge in [0, 0.05) is 17.1 Å². The lowest BCUT2D eigenvalue weighted by Gasteiger charge is -2.05. The molecule has 0 aliphatic carbocycles. The van der Waals surface area contributed by atoms with Crippen LogP contribution in [0.15, 0.2) is 53.6 Å². The molecule has 0 bridgehead atoms. The summed E-state index contributed by atoms with van der Waals surface area (Å²) in [5.41, 5.74) is 3.25. The van der Waals surface area contributed by atoms with Crippen molar-refractivity contribution in [3.8, 4) is 0 Å². The van der Waals surface area contributed by atoms with E-state index in [-0.39, 0.29) is 0 Å². The Labute approximate surface area is 126 Å². The van der Waals surface area contributed by atoms with Crippen molar-refractivity contribution < 1.29 is 4.21 Å². The van der Waals surface area contributed by atoms with E-state index in [0.29, 0.717) is 0 Å². The fourth-order valence-electron chi connectivity index (χ4n) is 2.24. The molecule has 2 aromatic carbocycles. The van der Waals surface area contributed by atoms with Crippen molar-refractivity contribution in [3.63, 3.8) is 0 Å². The number of benzene rings is 2. The van der Waals surface area contributed by atoms with E-state index in [1.807, 2.05) is 42.5 Å². The fraction of sp³-hybridized carbons (Fsp3) is 0. The molecule has 7 heteroatoms. The van der Waals surface area contributed by atoms with E-state index >= 15 is 0 Å². The van der Waals surface area contributed by atoms with Crippen LogP contribution in [-0.2, 0) is 11.0 Å². The topological polar surface area (TPSA) is 70.7 Å². The molecule has 21 heavy (non-hydrogen) atoms. The zero-order chi connectivity index (χ0) is 14.2. The van der Waals surface area contributed by atoms with Crippen LogP contribution in [0.4, 0.5) is 5.69 Å². The number of fused-ring (bicyclic) bond motifs is 2. The maximum absolute atomic E-state index is 12.6. The molecule has 0 radical (unpaired) electrons. The summed E-state index contributed by atoms with van der Waals surface area (Å²) < 4.78 is 24.0. The zero-order valence-electron chi connectivity index (χ0n) is 10.7. The molecular weight excluding hydrogens is 304 g/mol. The lowest BCUT2D eigenvalue weighted by atomic mass is 10.2. The first kappa shape index (κ1) is 12.5. The van der Waals surface area contributed by atoms with E-state index in [2.05, 4.69) is 18.5 Å². The lowest BCUT2D eigenvalue weighted by molar-refractivity contribution is 0.687. The van der Waals surface area contributed by atoms with Crippen LogP contribution in [0.25, 0.3) is 21.9 Å². The van der Waals surface area contributed by atoms with Crippen molar-refractivity contribution in [1.82, 2.24) is 13.7 Å². The lowest BCUT2D eigenvalue weighted by Crippen LogP contribution is -2.04. The Morgan fingerprint density at radius 3 is 2.95 bits per heavy atom. The van der Waals surface area contributed by atoms with E-state index in [0.717, 1.165) is 44.2 Å². The van der Waals surface area contributed by atoms with Crippen LogP contribution in [0.1, 0.15) is 0 Å². The zero-order valence-corrected chi connectivity index (χ0v) is 12.4. The maximum atomic E-state index is 12.6. The fourth-order valence-corrected chi connectivity index (χ4v) is 3.81. The van der Waals surface area contributed by atoms with Gasteiger partial charge in [0.25, 0.3) is 0 Å². The highest BCUT2D eigenvalue weighted by Crippen LogP contribution is 2.25. The van der Waals surface area contributed by atoms with Crippen molar-refractivity contribution in [3.05, 3.63) is 48.7 Å². The predicted octanol–water partition coefficient (Wildman–Crippen LogP) is 3.31. The molecule has 2 heterocycles. The molecule has 4 aromatic rings. The number of anilines is 1. The monoisotopic (exact) mass is 314 g/mol. The molecular formula is C14H10N4OS2. The van der Waals surface area contributed by atoms with Gasteiger partial charge in [0.2, 0.25) is 0 Å². The molecule has 0 aliphatic heterocycles. The van der Waals surface area contributed by atoms with Crippen LogP contribution in [0.2, 0.25) is 0 Å². The van der Waals surface area contributed by atoms with Crippen LogP contribution in [0.3, 0.4) is 0 Å². The summed E-state index contributed by atoms with van der Waals surface area (Å²) in [6, 6.07) is 13.4. The minimum atomic E-state index is -1.36. The van der Waals surface area contributed by atoms with Gasteiger partial charge >= 0.3 is 0 Å². The van der Waals surface area contributed by atoms with E-state index in [1.165, 1.54) is 0 Å². The van der Waals surface area contributed by atoms with Gasteiger partial charge in [-0.25, -0.2) is 4.21 Å². The Hall–Kier alpha value is -2.25. The van der Waals surface area contributed by atoms with Gasteiger partial charge in [-0.2, -0.15) is 8.75 Å². The number of hydrogen-bond acceptors (Lipinski definition) is 4. The van der Waals surface area contributed by atoms with Gasteiger partial charge in [0.1, 0.15) is 11.0 Å². The molecule has 0 aliphatic rings. The number of aromatic amines is 1. The molecule has 0 saturated heterocycles. The van der Waals surface area contributed by atoms with E-state index < -0.39 is 11.0 Å². The second kappa shape index (κ2) is 4.94. The average Bonchev–Trinajstić information content (AvgIpc) is 3.14. The number of para-hydroxylation sites is 1. The molecule has 0 saturated carbocycles.